The van der Waals surface area contributed by atoms with Gasteiger partial charge in [0.1, 0.15) is 0 Å². The lowest BCUT2D eigenvalue weighted by Crippen LogP contribution is -2.51. The zero-order chi connectivity index (χ0) is 18.7. The topological polar surface area (TPSA) is 57.8 Å². The van der Waals surface area contributed by atoms with Crippen molar-refractivity contribution in [3.05, 3.63) is 45.4 Å². The predicted octanol–water partition coefficient (Wildman–Crippen LogP) is 3.56. The number of nitrogens with two attached hydrogens (primary N) is 1. The first kappa shape index (κ1) is 19.0. The molecular weight excluding hydrogens is 431 g/mol. The fourth-order valence-electron chi connectivity index (χ4n) is 2.72. The molecule has 0 aliphatic carbocycles. The SMILES string of the molecule is NC(=NCc1ccc(Br)cc1C(F)(F)F)N1CCN(c2nccs2)CC1. The molecule has 0 bridgehead atoms. The lowest BCUT2D eigenvalue weighted by molar-refractivity contribution is -0.138. The van der Waals surface area contributed by atoms with Gasteiger partial charge in [0.05, 0.1) is 12.1 Å². The highest BCUT2D eigenvalue weighted by Crippen LogP contribution is 2.34. The summed E-state index contributed by atoms with van der Waals surface area (Å²) in [6.07, 6.45) is -2.67. The summed E-state index contributed by atoms with van der Waals surface area (Å²) in [6.45, 7) is 2.69. The van der Waals surface area contributed by atoms with Gasteiger partial charge in [0, 0.05) is 42.2 Å². The van der Waals surface area contributed by atoms with Crippen LogP contribution in [0.3, 0.4) is 0 Å². The van der Waals surface area contributed by atoms with Crippen molar-refractivity contribution >= 4 is 38.4 Å². The lowest BCUT2D eigenvalue weighted by atomic mass is 10.1. The summed E-state index contributed by atoms with van der Waals surface area (Å²) >= 11 is 4.65. The molecule has 0 radical (unpaired) electrons. The summed E-state index contributed by atoms with van der Waals surface area (Å²) < 4.78 is 39.9. The molecule has 0 saturated carbocycles. The Balaban J connectivity index is 1.65. The zero-order valence-electron chi connectivity index (χ0n) is 13.7. The summed E-state index contributed by atoms with van der Waals surface area (Å²) in [4.78, 5) is 12.5. The van der Waals surface area contributed by atoms with E-state index in [0.29, 0.717) is 17.6 Å². The van der Waals surface area contributed by atoms with E-state index < -0.39 is 11.7 Å². The van der Waals surface area contributed by atoms with Crippen molar-refractivity contribution < 1.29 is 13.2 Å². The molecule has 10 heteroatoms. The van der Waals surface area contributed by atoms with E-state index in [0.717, 1.165) is 24.3 Å². The Morgan fingerprint density at radius 2 is 2.00 bits per heavy atom. The first-order chi connectivity index (χ1) is 12.3. The molecule has 140 valence electrons. The molecule has 2 aromatic rings. The van der Waals surface area contributed by atoms with Crippen molar-refractivity contribution in [2.45, 2.75) is 12.7 Å². The first-order valence-electron chi connectivity index (χ1n) is 7.89. The molecule has 2 heterocycles. The molecule has 2 N–H and O–H groups in total. The number of aliphatic imine (C=N–C) groups is 1. The predicted molar refractivity (Wildman–Crippen MR) is 100 cm³/mol. The number of halogens is 4. The Hall–Kier alpha value is -1.81. The highest BCUT2D eigenvalue weighted by molar-refractivity contribution is 9.10. The van der Waals surface area contributed by atoms with Crippen molar-refractivity contribution in [1.82, 2.24) is 9.88 Å². The molecule has 5 nitrogen and oxygen atoms in total. The van der Waals surface area contributed by atoms with Crippen LogP contribution in [0, 0.1) is 0 Å². The van der Waals surface area contributed by atoms with Gasteiger partial charge in [-0.05, 0) is 17.7 Å². The minimum Gasteiger partial charge on any atom is -0.370 e. The molecule has 26 heavy (non-hydrogen) atoms. The third-order valence-electron chi connectivity index (χ3n) is 4.08. The van der Waals surface area contributed by atoms with Gasteiger partial charge in [0.25, 0.3) is 0 Å². The van der Waals surface area contributed by atoms with Crippen molar-refractivity contribution in [2.24, 2.45) is 10.7 Å². The van der Waals surface area contributed by atoms with E-state index in [1.54, 1.807) is 23.6 Å². The molecule has 1 aromatic heterocycles. The van der Waals surface area contributed by atoms with Crippen molar-refractivity contribution in [3.8, 4) is 0 Å². The van der Waals surface area contributed by atoms with Crippen LogP contribution >= 0.6 is 27.3 Å². The van der Waals surface area contributed by atoms with Crippen LogP contribution in [0.5, 0.6) is 0 Å². The fourth-order valence-corrected chi connectivity index (χ4v) is 3.77. The first-order valence-corrected chi connectivity index (χ1v) is 9.57. The summed E-state index contributed by atoms with van der Waals surface area (Å²) in [5.41, 5.74) is 5.41. The van der Waals surface area contributed by atoms with Crippen LogP contribution in [0.25, 0.3) is 0 Å². The summed E-state index contributed by atoms with van der Waals surface area (Å²) in [5, 5.41) is 2.89. The molecule has 3 rings (SSSR count). The fraction of sp³-hybridized carbons (Fsp3) is 0.375. The second kappa shape index (κ2) is 7.83. The molecule has 1 fully saturated rings. The van der Waals surface area contributed by atoms with Gasteiger partial charge >= 0.3 is 6.18 Å². The van der Waals surface area contributed by atoms with Crippen LogP contribution in [-0.4, -0.2) is 42.0 Å². The number of rotatable bonds is 3. The number of piperazine rings is 1. The van der Waals surface area contributed by atoms with E-state index in [1.807, 2.05) is 10.3 Å². The van der Waals surface area contributed by atoms with Gasteiger partial charge in [-0.3, -0.25) is 0 Å². The van der Waals surface area contributed by atoms with Crippen molar-refractivity contribution in [2.75, 3.05) is 31.1 Å². The molecule has 0 amide bonds. The number of thiazole rings is 1. The van der Waals surface area contributed by atoms with Crippen molar-refractivity contribution in [1.29, 1.82) is 0 Å². The van der Waals surface area contributed by atoms with Gasteiger partial charge in [0.2, 0.25) is 0 Å². The zero-order valence-corrected chi connectivity index (χ0v) is 16.1. The average Bonchev–Trinajstić information content (AvgIpc) is 3.14. The molecule has 1 saturated heterocycles. The summed E-state index contributed by atoms with van der Waals surface area (Å²) in [7, 11) is 0. The Morgan fingerprint density at radius 3 is 2.62 bits per heavy atom. The van der Waals surface area contributed by atoms with Crippen LogP contribution in [-0.2, 0) is 12.7 Å². The second-order valence-electron chi connectivity index (χ2n) is 5.76. The maximum absolute atomic E-state index is 13.2. The normalized spacial score (nSPS) is 16.2. The number of alkyl halides is 3. The number of benzene rings is 1. The number of hydrogen-bond acceptors (Lipinski definition) is 4. The molecule has 0 atom stereocenters. The van der Waals surface area contributed by atoms with Crippen LogP contribution < -0.4 is 10.6 Å². The monoisotopic (exact) mass is 447 g/mol. The average molecular weight is 448 g/mol. The van der Waals surface area contributed by atoms with E-state index in [2.05, 4.69) is 30.8 Å². The third-order valence-corrected chi connectivity index (χ3v) is 5.41. The Kier molecular flexibility index (Phi) is 5.71. The van der Waals surface area contributed by atoms with Gasteiger partial charge in [-0.2, -0.15) is 13.2 Å². The van der Waals surface area contributed by atoms with Crippen LogP contribution in [0.2, 0.25) is 0 Å². The van der Waals surface area contributed by atoms with Crippen molar-refractivity contribution in [3.63, 3.8) is 0 Å². The van der Waals surface area contributed by atoms with Crippen LogP contribution in [0.1, 0.15) is 11.1 Å². The Labute approximate surface area is 161 Å². The van der Waals surface area contributed by atoms with Crippen LogP contribution in [0.15, 0.2) is 39.2 Å². The lowest BCUT2D eigenvalue weighted by Gasteiger charge is -2.35. The molecule has 1 aliphatic heterocycles. The maximum Gasteiger partial charge on any atom is 0.416 e. The van der Waals surface area contributed by atoms with Gasteiger partial charge in [0.15, 0.2) is 11.1 Å². The largest absolute Gasteiger partial charge is 0.416 e. The number of nitrogens with zero attached hydrogens (tertiary/aromatic N) is 4. The van der Waals surface area contributed by atoms with E-state index in [9.17, 15) is 13.2 Å². The smallest absolute Gasteiger partial charge is 0.370 e. The second-order valence-corrected chi connectivity index (χ2v) is 7.55. The minimum absolute atomic E-state index is 0.102. The quantitative estimate of drug-likeness (QED) is 0.577. The Bertz CT molecular complexity index is 771. The number of guanidine groups is 1. The minimum atomic E-state index is -4.43. The number of aromatic nitrogens is 1. The maximum atomic E-state index is 13.2. The molecule has 1 aromatic carbocycles. The third kappa shape index (κ3) is 4.47. The summed E-state index contributed by atoms with van der Waals surface area (Å²) in [5.74, 6) is 0.264. The van der Waals surface area contributed by atoms with E-state index in [1.165, 1.54) is 6.07 Å². The molecule has 0 spiro atoms. The highest BCUT2D eigenvalue weighted by atomic mass is 79.9. The van der Waals surface area contributed by atoms with E-state index in [-0.39, 0.29) is 18.1 Å². The Morgan fingerprint density at radius 1 is 1.27 bits per heavy atom. The standard InChI is InChI=1S/C16H17BrF3N5S/c17-12-2-1-11(13(9-12)16(18,19)20)10-23-14(21)24-4-6-25(7-5-24)15-22-3-8-26-15/h1-3,8-9H,4-7,10H2,(H2,21,23). The number of anilines is 1. The summed E-state index contributed by atoms with van der Waals surface area (Å²) in [6, 6.07) is 4.06. The molecule has 0 unspecified atom stereocenters. The van der Waals surface area contributed by atoms with Gasteiger partial charge in [-0.25, -0.2) is 9.98 Å². The van der Waals surface area contributed by atoms with E-state index in [4.69, 9.17) is 5.73 Å². The number of hydrogen-bond donors (Lipinski definition) is 1. The van der Waals surface area contributed by atoms with Gasteiger partial charge in [-0.1, -0.05) is 22.0 Å². The van der Waals surface area contributed by atoms with E-state index >= 15 is 0 Å². The highest BCUT2D eigenvalue weighted by Gasteiger charge is 2.33. The van der Waals surface area contributed by atoms with Gasteiger partial charge in [-0.15, -0.1) is 11.3 Å². The van der Waals surface area contributed by atoms with Crippen LogP contribution in [0.4, 0.5) is 18.3 Å². The molecule has 1 aliphatic rings. The molecular formula is C16H17BrF3N5S. The van der Waals surface area contributed by atoms with Gasteiger partial charge < -0.3 is 15.5 Å².